The van der Waals surface area contributed by atoms with Crippen LogP contribution in [0.1, 0.15) is 55.5 Å². The third kappa shape index (κ3) is 8.53. The summed E-state index contributed by atoms with van der Waals surface area (Å²) in [4.78, 5) is 30.5. The van der Waals surface area contributed by atoms with Crippen LogP contribution < -0.4 is 28.9 Å². The van der Waals surface area contributed by atoms with Gasteiger partial charge in [-0.05, 0) is 79.2 Å². The minimum absolute atomic E-state index is 0.00870. The van der Waals surface area contributed by atoms with Gasteiger partial charge in [0.05, 0.1) is 36.5 Å². The molecule has 0 radical (unpaired) electrons. The lowest BCUT2D eigenvalue weighted by Gasteiger charge is -2.44. The second-order valence-corrected chi connectivity index (χ2v) is 13.6. The molecule has 1 amide bonds. The van der Waals surface area contributed by atoms with Gasteiger partial charge >= 0.3 is 12.7 Å². The number of pyridine rings is 1. The normalized spacial score (nSPS) is 19.4. The number of carboxylic acid groups (broad SMARTS) is 1. The third-order valence-corrected chi connectivity index (χ3v) is 10.3. The second kappa shape index (κ2) is 16.4. The van der Waals surface area contributed by atoms with E-state index in [1.54, 1.807) is 24.3 Å². The number of fused-ring (bicyclic) bond motifs is 3. The molecule has 0 unspecified atom stereocenters. The van der Waals surface area contributed by atoms with Crippen LogP contribution in [0.3, 0.4) is 0 Å². The first-order valence-electron chi connectivity index (χ1n) is 18.1. The first-order valence-corrected chi connectivity index (χ1v) is 17.4. The number of carbonyl (C=O) groups excluding carboxylic acids is 2. The molecule has 3 aromatic carbocycles. The molecular weight excluding hydrogens is 735 g/mol. The number of aromatic nitrogens is 1. The van der Waals surface area contributed by atoms with Gasteiger partial charge in [0.2, 0.25) is 12.4 Å². The fourth-order valence-corrected chi connectivity index (χ4v) is 7.67. The van der Waals surface area contributed by atoms with E-state index in [1.807, 2.05) is 0 Å². The topological polar surface area (TPSA) is 125 Å². The van der Waals surface area contributed by atoms with Crippen molar-refractivity contribution in [2.24, 2.45) is 5.92 Å². The molecule has 15 heteroatoms. The maximum Gasteiger partial charge on any atom is 0.415 e. The average molecular weight is 776 g/mol. The fraction of sp³-hybridized carbons (Fsp3) is 0.342. The first-order chi connectivity index (χ1) is 26.6. The van der Waals surface area contributed by atoms with Crippen molar-refractivity contribution < 1.29 is 56.5 Å². The Balaban J connectivity index is 1.47. The number of carboxylic acids is 1. The molecule has 3 aliphatic heterocycles. The van der Waals surface area contributed by atoms with Crippen LogP contribution >= 0.6 is 23.2 Å². The number of aromatic carboxylic acids is 1. The monoisotopic (exact) mass is 774 g/mol. The molecule has 0 aliphatic carbocycles. The molecule has 280 valence electrons. The molecule has 0 spiro atoms. The maximum absolute atomic E-state index is 14.1. The number of rotatable bonds is 13. The number of methoxy groups -OCH3 is 2. The van der Waals surface area contributed by atoms with E-state index in [-0.39, 0.29) is 57.3 Å². The van der Waals surface area contributed by atoms with E-state index in [1.165, 1.54) is 36.3 Å². The average Bonchev–Trinajstić information content (AvgIpc) is 3.14. The van der Waals surface area contributed by atoms with Crippen molar-refractivity contribution in [2.75, 3.05) is 38.7 Å². The summed E-state index contributed by atoms with van der Waals surface area (Å²) in [5, 5.41) is 22.8. The summed E-state index contributed by atoms with van der Waals surface area (Å²) in [6.45, 7) is -0.964. The van der Waals surface area contributed by atoms with Crippen LogP contribution in [0, 0.1) is 5.92 Å². The lowest BCUT2D eigenvalue weighted by atomic mass is 9.82. The van der Waals surface area contributed by atoms with Crippen LogP contribution in [-0.2, 0) is 17.7 Å². The number of hydrogen-bond donors (Lipinski definition) is 1. The molecule has 0 saturated carbocycles. The maximum atomic E-state index is 14.1. The molecule has 11 nitrogen and oxygen atoms in total. The highest BCUT2D eigenvalue weighted by atomic mass is 35.5. The van der Waals surface area contributed by atoms with Gasteiger partial charge in [-0.3, -0.25) is 15.0 Å². The van der Waals surface area contributed by atoms with E-state index in [0.717, 1.165) is 50.5 Å². The SMILES string of the molecule is [2H]C([2H])([2H])Oc1cc([C@H](Cc2c(Cl)c[n+](O)cc2Cl)c2cc(CN(C(=O)O[C@H]3CN4CCC3CC4)c3ccccc3OC)ccc2C(=O)[O-])ccc1OC(F)F. The van der Waals surface area contributed by atoms with Crippen molar-refractivity contribution in [3.63, 3.8) is 0 Å². The van der Waals surface area contributed by atoms with Crippen molar-refractivity contribution in [3.8, 4) is 17.2 Å². The number of alkyl halides is 2. The van der Waals surface area contributed by atoms with Crippen LogP contribution in [0.25, 0.3) is 0 Å². The quantitative estimate of drug-likeness (QED) is 0.127. The third-order valence-electron chi connectivity index (χ3n) is 9.67. The zero-order valence-corrected chi connectivity index (χ0v) is 29.9. The molecule has 53 heavy (non-hydrogen) atoms. The Hall–Kier alpha value is -4.85. The van der Waals surface area contributed by atoms with Crippen LogP contribution in [0.5, 0.6) is 17.2 Å². The number of nitrogens with zero attached hydrogens (tertiary/aromatic N) is 3. The number of halogens is 4. The van der Waals surface area contributed by atoms with E-state index in [9.17, 15) is 28.7 Å². The molecule has 3 fully saturated rings. The molecule has 7 rings (SSSR count). The van der Waals surface area contributed by atoms with Gasteiger partial charge in [0.1, 0.15) is 21.9 Å². The number of para-hydroxylation sites is 2. The Bertz CT molecular complexity index is 2070. The van der Waals surface area contributed by atoms with Crippen molar-refractivity contribution >= 4 is 41.0 Å². The van der Waals surface area contributed by atoms with Crippen LogP contribution in [0.15, 0.2) is 73.1 Å². The zero-order chi connectivity index (χ0) is 40.3. The summed E-state index contributed by atoms with van der Waals surface area (Å²) >= 11 is 13.0. The summed E-state index contributed by atoms with van der Waals surface area (Å²) in [6, 6.07) is 14.8. The van der Waals surface area contributed by atoms with Gasteiger partial charge in [-0.15, -0.1) is 0 Å². The van der Waals surface area contributed by atoms with Crippen LogP contribution in [0.2, 0.25) is 10.0 Å². The van der Waals surface area contributed by atoms with Gasteiger partial charge in [0, 0.05) is 28.3 Å². The van der Waals surface area contributed by atoms with Crippen molar-refractivity contribution in [2.45, 2.75) is 44.4 Å². The Morgan fingerprint density at radius 2 is 1.77 bits per heavy atom. The largest absolute Gasteiger partial charge is 0.545 e. The van der Waals surface area contributed by atoms with Gasteiger partial charge in [-0.25, -0.2) is 4.79 Å². The van der Waals surface area contributed by atoms with E-state index in [0.29, 0.717) is 28.3 Å². The van der Waals surface area contributed by atoms with Gasteiger partial charge in [0.25, 0.3) is 0 Å². The molecule has 4 heterocycles. The van der Waals surface area contributed by atoms with Crippen LogP contribution in [0.4, 0.5) is 19.3 Å². The first kappa shape index (κ1) is 34.0. The summed E-state index contributed by atoms with van der Waals surface area (Å²) in [5.41, 5.74) is 1.07. The second-order valence-electron chi connectivity index (χ2n) is 12.8. The minimum Gasteiger partial charge on any atom is -0.545 e. The molecule has 3 aliphatic rings. The highest BCUT2D eigenvalue weighted by Crippen LogP contribution is 2.40. The standard InChI is InChI=1S/C38H37Cl2F2N3O8/c1-50-32-6-4-3-5-31(32)45(38(48)53-35-21-43-13-11-23(35)12-14-43)18-22-7-9-25(36(46)47)27(15-22)26(17-28-29(39)19-44(49)20-30(28)40)24-8-10-33(52-37(41)42)34(16-24)51-2/h3-10,15-16,19-20,23,26,35,37H,11-14,17-18,21H2,1-2H3,(H-,46,47,49)/t26-,35-/m0/s1/i2D3. The predicted molar refractivity (Wildman–Crippen MR) is 188 cm³/mol. The molecule has 2 bridgehead atoms. The lowest BCUT2D eigenvalue weighted by molar-refractivity contribution is -0.904. The van der Waals surface area contributed by atoms with Gasteiger partial charge in [-0.2, -0.15) is 8.78 Å². The molecular formula is C38H37Cl2F2N3O8. The Kier molecular flexibility index (Phi) is 10.5. The highest BCUT2D eigenvalue weighted by Gasteiger charge is 2.38. The summed E-state index contributed by atoms with van der Waals surface area (Å²) in [6.07, 6.45) is 2.99. The van der Waals surface area contributed by atoms with Crippen molar-refractivity contribution in [1.29, 1.82) is 0 Å². The Morgan fingerprint density at radius 3 is 2.42 bits per heavy atom. The number of piperidine rings is 3. The molecule has 2 atom stereocenters. The highest BCUT2D eigenvalue weighted by molar-refractivity contribution is 6.35. The fourth-order valence-electron chi connectivity index (χ4n) is 7.07. The number of hydrogen-bond acceptors (Lipinski definition) is 9. The number of ether oxygens (including phenoxy) is 4. The molecule has 1 aromatic heterocycles. The van der Waals surface area contributed by atoms with E-state index in [2.05, 4.69) is 9.64 Å². The van der Waals surface area contributed by atoms with E-state index in [4.69, 9.17) is 41.5 Å². The summed E-state index contributed by atoms with van der Waals surface area (Å²) < 4.78 is 71.6. The molecule has 4 aromatic rings. The van der Waals surface area contributed by atoms with Crippen molar-refractivity contribution in [1.82, 2.24) is 4.90 Å². The number of anilines is 1. The van der Waals surface area contributed by atoms with E-state index >= 15 is 0 Å². The number of amides is 1. The molecule has 3 saturated heterocycles. The Labute approximate surface area is 318 Å². The van der Waals surface area contributed by atoms with Gasteiger partial charge in [-0.1, -0.05) is 59.6 Å². The van der Waals surface area contributed by atoms with Crippen LogP contribution in [-0.4, -0.2) is 68.7 Å². The van der Waals surface area contributed by atoms with E-state index < -0.39 is 43.1 Å². The summed E-state index contributed by atoms with van der Waals surface area (Å²) in [5.74, 6) is -3.20. The zero-order valence-electron chi connectivity index (χ0n) is 31.3. The smallest absolute Gasteiger partial charge is 0.415 e. The number of benzene rings is 3. The Morgan fingerprint density at radius 1 is 1.04 bits per heavy atom. The molecule has 1 N–H and O–H groups in total. The summed E-state index contributed by atoms with van der Waals surface area (Å²) in [7, 11) is -1.62. The van der Waals surface area contributed by atoms with Gasteiger partial charge in [0.15, 0.2) is 11.5 Å². The minimum atomic E-state index is -3.33. The predicted octanol–water partition coefficient (Wildman–Crippen LogP) is 6.11. The lowest BCUT2D eigenvalue weighted by Crippen LogP contribution is -2.53. The number of carbonyl (C=O) groups is 2. The van der Waals surface area contributed by atoms with Gasteiger partial charge < -0.3 is 28.8 Å². The van der Waals surface area contributed by atoms with Crippen molar-refractivity contribution in [3.05, 3.63) is 111 Å².